The largest absolute Gasteiger partial charge is 0.504 e. The van der Waals surface area contributed by atoms with Crippen molar-refractivity contribution in [3.8, 4) is 23.1 Å². The van der Waals surface area contributed by atoms with Crippen LogP contribution in [0.5, 0.6) is 5.75 Å². The first kappa shape index (κ1) is 15.9. The summed E-state index contributed by atoms with van der Waals surface area (Å²) in [6.45, 7) is 1.70. The summed E-state index contributed by atoms with van der Waals surface area (Å²) in [5.41, 5.74) is 0.887. The number of hydrogen-bond donors (Lipinski definition) is 1. The highest BCUT2D eigenvalue weighted by Crippen LogP contribution is 2.29. The number of thiophene rings is 1. The number of aromatic hydroxyl groups is 1. The Labute approximate surface area is 140 Å². The predicted octanol–water partition coefficient (Wildman–Crippen LogP) is 3.04. The molecule has 0 aliphatic rings. The van der Waals surface area contributed by atoms with Crippen LogP contribution in [0.1, 0.15) is 16.7 Å². The van der Waals surface area contributed by atoms with Gasteiger partial charge in [0.05, 0.1) is 6.54 Å². The van der Waals surface area contributed by atoms with Crippen LogP contribution < -0.4 is 5.56 Å². The van der Waals surface area contributed by atoms with Crippen LogP contribution in [0.2, 0.25) is 0 Å². The molecule has 0 amide bonds. The number of rotatable bonds is 3. The summed E-state index contributed by atoms with van der Waals surface area (Å²) in [5.74, 6) is -0.756. The fourth-order valence-electron chi connectivity index (χ4n) is 2.34. The molecule has 2 heterocycles. The predicted molar refractivity (Wildman–Crippen MR) is 88.4 cm³/mol. The van der Waals surface area contributed by atoms with Crippen molar-refractivity contribution < 1.29 is 9.50 Å². The van der Waals surface area contributed by atoms with E-state index in [0.29, 0.717) is 16.7 Å². The zero-order chi connectivity index (χ0) is 17.3. The van der Waals surface area contributed by atoms with Gasteiger partial charge in [0, 0.05) is 10.9 Å². The Balaban J connectivity index is 2.14. The minimum Gasteiger partial charge on any atom is -0.504 e. The van der Waals surface area contributed by atoms with Crippen LogP contribution >= 0.6 is 11.3 Å². The molecule has 0 bridgehead atoms. The number of halogens is 1. The van der Waals surface area contributed by atoms with Crippen LogP contribution in [0.15, 0.2) is 39.8 Å². The number of benzene rings is 1. The molecule has 0 unspecified atom stereocenters. The molecule has 0 spiro atoms. The molecule has 0 aliphatic carbocycles. The third-order valence-electron chi connectivity index (χ3n) is 3.59. The Morgan fingerprint density at radius 2 is 2.21 bits per heavy atom. The number of hydrogen-bond acceptors (Lipinski definition) is 5. The summed E-state index contributed by atoms with van der Waals surface area (Å²) >= 11 is 1.41. The lowest BCUT2D eigenvalue weighted by Crippen LogP contribution is -2.26. The van der Waals surface area contributed by atoms with Crippen LogP contribution in [0.25, 0.3) is 11.3 Å². The molecule has 7 heteroatoms. The quantitative estimate of drug-likeness (QED) is 0.794. The fraction of sp³-hybridized carbons (Fsp3) is 0.118. The van der Waals surface area contributed by atoms with Crippen LogP contribution in [0.4, 0.5) is 4.39 Å². The molecule has 0 fully saturated rings. The Morgan fingerprint density at radius 1 is 1.42 bits per heavy atom. The molecule has 0 radical (unpaired) electrons. The number of nitriles is 1. The van der Waals surface area contributed by atoms with Crippen molar-refractivity contribution in [3.63, 3.8) is 0 Å². The highest BCUT2D eigenvalue weighted by atomic mass is 32.1. The maximum Gasteiger partial charge on any atom is 0.288 e. The van der Waals surface area contributed by atoms with Crippen molar-refractivity contribution in [3.05, 3.63) is 67.9 Å². The third kappa shape index (κ3) is 2.79. The summed E-state index contributed by atoms with van der Waals surface area (Å²) in [6, 6.07) is 7.97. The molecule has 0 atom stereocenters. The summed E-state index contributed by atoms with van der Waals surface area (Å²) in [6.07, 6.45) is 0. The van der Waals surface area contributed by atoms with E-state index in [1.165, 1.54) is 17.4 Å². The highest BCUT2D eigenvalue weighted by Gasteiger charge is 2.18. The average molecular weight is 341 g/mol. The van der Waals surface area contributed by atoms with Gasteiger partial charge in [-0.3, -0.25) is 4.79 Å². The number of aryl methyl sites for hydroxylation is 1. The minimum absolute atomic E-state index is 0.0754. The molecule has 5 nitrogen and oxygen atoms in total. The lowest BCUT2D eigenvalue weighted by Gasteiger charge is -2.10. The summed E-state index contributed by atoms with van der Waals surface area (Å²) in [7, 11) is 0. The van der Waals surface area contributed by atoms with E-state index in [2.05, 4.69) is 5.10 Å². The van der Waals surface area contributed by atoms with Gasteiger partial charge in [-0.2, -0.15) is 21.7 Å². The van der Waals surface area contributed by atoms with Crippen LogP contribution in [0.3, 0.4) is 0 Å². The second-order valence-electron chi connectivity index (χ2n) is 5.24. The summed E-state index contributed by atoms with van der Waals surface area (Å²) in [5, 5.41) is 27.1. The summed E-state index contributed by atoms with van der Waals surface area (Å²) in [4.78, 5) is 12.3. The Bertz CT molecular complexity index is 1000. The lowest BCUT2D eigenvalue weighted by molar-refractivity contribution is 0.463. The van der Waals surface area contributed by atoms with Crippen LogP contribution in [0, 0.1) is 24.1 Å². The van der Waals surface area contributed by atoms with E-state index in [1.54, 1.807) is 42.0 Å². The van der Waals surface area contributed by atoms with Gasteiger partial charge >= 0.3 is 0 Å². The standard InChI is InChI=1S/C17H12FN3O2S/c1-10-6-11(2-3-14(10)18)8-21-17(23)13(7-19)16(22)15(20-21)12-4-5-24-9-12/h2-6,9,22H,8H2,1H3. The molecule has 3 aromatic rings. The van der Waals surface area contributed by atoms with Gasteiger partial charge in [-0.15, -0.1) is 0 Å². The number of nitrogens with zero attached hydrogens (tertiary/aromatic N) is 3. The topological polar surface area (TPSA) is 78.9 Å². The van der Waals surface area contributed by atoms with Gasteiger partial charge < -0.3 is 5.11 Å². The molecule has 2 aromatic heterocycles. The molecular weight excluding hydrogens is 329 g/mol. The van der Waals surface area contributed by atoms with Gasteiger partial charge in [0.2, 0.25) is 0 Å². The van der Waals surface area contributed by atoms with Crippen molar-refractivity contribution in [1.82, 2.24) is 9.78 Å². The van der Waals surface area contributed by atoms with Gasteiger partial charge in [-0.05, 0) is 35.6 Å². The van der Waals surface area contributed by atoms with Crippen LogP contribution in [-0.2, 0) is 6.54 Å². The lowest BCUT2D eigenvalue weighted by atomic mass is 10.1. The molecule has 0 saturated carbocycles. The Hall–Kier alpha value is -2.98. The normalized spacial score (nSPS) is 10.5. The maximum absolute atomic E-state index is 13.4. The van der Waals surface area contributed by atoms with E-state index in [9.17, 15) is 19.6 Å². The van der Waals surface area contributed by atoms with Crippen molar-refractivity contribution in [1.29, 1.82) is 5.26 Å². The number of aromatic nitrogens is 2. The monoisotopic (exact) mass is 341 g/mol. The van der Waals surface area contributed by atoms with E-state index >= 15 is 0 Å². The average Bonchev–Trinajstić information content (AvgIpc) is 3.08. The first-order chi connectivity index (χ1) is 11.5. The van der Waals surface area contributed by atoms with Gasteiger partial charge in [-0.1, -0.05) is 12.1 Å². The van der Waals surface area contributed by atoms with E-state index in [0.717, 1.165) is 4.68 Å². The van der Waals surface area contributed by atoms with E-state index in [4.69, 9.17) is 0 Å². The molecule has 120 valence electrons. The highest BCUT2D eigenvalue weighted by molar-refractivity contribution is 7.08. The van der Waals surface area contributed by atoms with Crippen molar-refractivity contribution in [2.24, 2.45) is 0 Å². The smallest absolute Gasteiger partial charge is 0.288 e. The fourth-order valence-corrected chi connectivity index (χ4v) is 2.98. The van der Waals surface area contributed by atoms with E-state index in [1.807, 2.05) is 0 Å². The second kappa shape index (κ2) is 6.26. The first-order valence-corrected chi connectivity index (χ1v) is 7.97. The molecule has 1 aromatic carbocycles. The van der Waals surface area contributed by atoms with E-state index < -0.39 is 11.3 Å². The molecule has 0 saturated heterocycles. The van der Waals surface area contributed by atoms with Gasteiger partial charge in [0.25, 0.3) is 5.56 Å². The molecular formula is C17H12FN3O2S. The third-order valence-corrected chi connectivity index (χ3v) is 4.27. The van der Waals surface area contributed by atoms with E-state index in [-0.39, 0.29) is 23.6 Å². The van der Waals surface area contributed by atoms with Gasteiger partial charge in [-0.25, -0.2) is 9.07 Å². The van der Waals surface area contributed by atoms with Gasteiger partial charge in [0.1, 0.15) is 17.6 Å². The second-order valence-corrected chi connectivity index (χ2v) is 6.02. The van der Waals surface area contributed by atoms with Crippen LogP contribution in [-0.4, -0.2) is 14.9 Å². The van der Waals surface area contributed by atoms with Crippen molar-refractivity contribution in [2.45, 2.75) is 13.5 Å². The first-order valence-electron chi connectivity index (χ1n) is 7.03. The van der Waals surface area contributed by atoms with Crippen molar-refractivity contribution >= 4 is 11.3 Å². The van der Waals surface area contributed by atoms with Gasteiger partial charge in [0.15, 0.2) is 11.3 Å². The summed E-state index contributed by atoms with van der Waals surface area (Å²) < 4.78 is 14.5. The van der Waals surface area contributed by atoms with Crippen molar-refractivity contribution in [2.75, 3.05) is 0 Å². The zero-order valence-corrected chi connectivity index (χ0v) is 13.5. The molecule has 0 aliphatic heterocycles. The zero-order valence-electron chi connectivity index (χ0n) is 12.7. The Morgan fingerprint density at radius 3 is 2.83 bits per heavy atom. The maximum atomic E-state index is 13.4. The molecule has 3 rings (SSSR count). The molecule has 24 heavy (non-hydrogen) atoms. The minimum atomic E-state index is -0.684. The molecule has 1 N–H and O–H groups in total. The SMILES string of the molecule is Cc1cc(Cn2nc(-c3ccsc3)c(O)c(C#N)c2=O)ccc1F. The Kier molecular flexibility index (Phi) is 4.15.